The van der Waals surface area contributed by atoms with Crippen molar-refractivity contribution in [3.8, 4) is 5.75 Å². The summed E-state index contributed by atoms with van der Waals surface area (Å²) >= 11 is 5.85. The summed E-state index contributed by atoms with van der Waals surface area (Å²) in [6.45, 7) is 3.19. The maximum absolute atomic E-state index is 12.2. The van der Waals surface area contributed by atoms with E-state index in [1.807, 2.05) is 50.4 Å². The summed E-state index contributed by atoms with van der Waals surface area (Å²) in [6.07, 6.45) is 0.380. The second kappa shape index (κ2) is 7.85. The number of ether oxygens (including phenoxy) is 1. The Bertz CT molecular complexity index is 608. The molecule has 2 aromatic carbocycles. The van der Waals surface area contributed by atoms with Crippen LogP contribution in [0.4, 0.5) is 0 Å². The molecule has 0 aliphatic rings. The molecule has 2 rings (SSSR count). The maximum atomic E-state index is 12.2. The van der Waals surface area contributed by atoms with Crippen LogP contribution in [0.5, 0.6) is 5.75 Å². The van der Waals surface area contributed by atoms with Crippen molar-refractivity contribution < 1.29 is 9.53 Å². The molecule has 0 atom stereocenters. The summed E-state index contributed by atoms with van der Waals surface area (Å²) in [5.41, 5.74) is 2.04. The first-order chi connectivity index (χ1) is 10.6. The fourth-order valence-corrected chi connectivity index (χ4v) is 2.26. The van der Waals surface area contributed by atoms with E-state index in [2.05, 4.69) is 0 Å². The first-order valence-corrected chi connectivity index (χ1v) is 7.66. The van der Waals surface area contributed by atoms with E-state index >= 15 is 0 Å². The number of benzene rings is 2. The second-order valence-corrected chi connectivity index (χ2v) is 5.57. The van der Waals surface area contributed by atoms with Gasteiger partial charge in [0.1, 0.15) is 5.75 Å². The van der Waals surface area contributed by atoms with Crippen LogP contribution < -0.4 is 4.74 Å². The topological polar surface area (TPSA) is 29.5 Å². The molecular formula is C18H20ClNO2. The quantitative estimate of drug-likeness (QED) is 0.807. The third kappa shape index (κ3) is 4.78. The molecule has 0 saturated carbocycles. The number of carbonyl (C=O) groups is 1. The van der Waals surface area contributed by atoms with Crippen LogP contribution in [0.3, 0.4) is 0 Å². The third-order valence-corrected chi connectivity index (χ3v) is 3.60. The Morgan fingerprint density at radius 1 is 1.05 bits per heavy atom. The van der Waals surface area contributed by atoms with Gasteiger partial charge in [-0.25, -0.2) is 0 Å². The summed E-state index contributed by atoms with van der Waals surface area (Å²) in [4.78, 5) is 14.0. The predicted molar refractivity (Wildman–Crippen MR) is 89.2 cm³/mol. The molecule has 3 nitrogen and oxygen atoms in total. The Balaban J connectivity index is 1.91. The summed E-state index contributed by atoms with van der Waals surface area (Å²) in [5, 5.41) is 0.680. The van der Waals surface area contributed by atoms with Crippen molar-refractivity contribution in [1.82, 2.24) is 4.90 Å². The molecule has 0 saturated heterocycles. The van der Waals surface area contributed by atoms with E-state index < -0.39 is 0 Å². The van der Waals surface area contributed by atoms with Crippen LogP contribution in [0.1, 0.15) is 18.1 Å². The van der Waals surface area contributed by atoms with Gasteiger partial charge in [0.25, 0.3) is 0 Å². The van der Waals surface area contributed by atoms with Crippen LogP contribution in [0.15, 0.2) is 48.5 Å². The lowest BCUT2D eigenvalue weighted by molar-refractivity contribution is -0.129. The minimum absolute atomic E-state index is 0.0798. The van der Waals surface area contributed by atoms with Crippen molar-refractivity contribution in [2.75, 3.05) is 13.7 Å². The third-order valence-electron chi connectivity index (χ3n) is 3.35. The molecule has 116 valence electrons. The highest BCUT2D eigenvalue weighted by Crippen LogP contribution is 2.14. The highest BCUT2D eigenvalue weighted by atomic mass is 35.5. The van der Waals surface area contributed by atoms with Gasteiger partial charge in [-0.3, -0.25) is 4.79 Å². The highest BCUT2D eigenvalue weighted by molar-refractivity contribution is 6.30. The summed E-state index contributed by atoms with van der Waals surface area (Å²) in [7, 11) is 1.81. The molecule has 0 spiro atoms. The molecule has 22 heavy (non-hydrogen) atoms. The first-order valence-electron chi connectivity index (χ1n) is 7.28. The van der Waals surface area contributed by atoms with Gasteiger partial charge >= 0.3 is 0 Å². The normalized spacial score (nSPS) is 10.3. The molecule has 1 amide bonds. The number of carbonyl (C=O) groups excluding carboxylic acids is 1. The van der Waals surface area contributed by atoms with E-state index in [0.29, 0.717) is 24.6 Å². The van der Waals surface area contributed by atoms with E-state index in [0.717, 1.165) is 16.9 Å². The zero-order valence-corrected chi connectivity index (χ0v) is 13.6. The first kappa shape index (κ1) is 16.4. The van der Waals surface area contributed by atoms with Gasteiger partial charge < -0.3 is 9.64 Å². The van der Waals surface area contributed by atoms with Crippen LogP contribution in [0, 0.1) is 0 Å². The predicted octanol–water partition coefficient (Wildman–Crippen LogP) is 3.94. The molecule has 0 bridgehead atoms. The van der Waals surface area contributed by atoms with Crippen molar-refractivity contribution in [3.05, 3.63) is 64.7 Å². The van der Waals surface area contributed by atoms with Gasteiger partial charge in [0.15, 0.2) is 0 Å². The van der Waals surface area contributed by atoms with E-state index in [9.17, 15) is 4.79 Å². The molecule has 0 radical (unpaired) electrons. The largest absolute Gasteiger partial charge is 0.494 e. The summed E-state index contributed by atoms with van der Waals surface area (Å²) in [6, 6.07) is 15.2. The number of halogens is 1. The average Bonchev–Trinajstić information content (AvgIpc) is 2.51. The van der Waals surface area contributed by atoms with Gasteiger partial charge in [-0.2, -0.15) is 0 Å². The molecule has 4 heteroatoms. The smallest absolute Gasteiger partial charge is 0.227 e. The Labute approximate surface area is 136 Å². The van der Waals surface area contributed by atoms with Crippen LogP contribution >= 0.6 is 11.6 Å². The van der Waals surface area contributed by atoms with Crippen molar-refractivity contribution >= 4 is 17.5 Å². The van der Waals surface area contributed by atoms with Gasteiger partial charge in [-0.05, 0) is 42.3 Å². The molecular weight excluding hydrogens is 298 g/mol. The number of hydrogen-bond donors (Lipinski definition) is 0. The van der Waals surface area contributed by atoms with Gasteiger partial charge in [0, 0.05) is 18.6 Å². The summed E-state index contributed by atoms with van der Waals surface area (Å²) in [5.74, 6) is 0.928. The fraction of sp³-hybridized carbons (Fsp3) is 0.278. The molecule has 0 fully saturated rings. The molecule has 0 aromatic heterocycles. The monoisotopic (exact) mass is 317 g/mol. The van der Waals surface area contributed by atoms with Gasteiger partial charge in [-0.1, -0.05) is 35.9 Å². The lowest BCUT2D eigenvalue weighted by Gasteiger charge is -2.17. The maximum Gasteiger partial charge on any atom is 0.227 e. The van der Waals surface area contributed by atoms with E-state index in [4.69, 9.17) is 16.3 Å². The lowest BCUT2D eigenvalue weighted by Crippen LogP contribution is -2.27. The van der Waals surface area contributed by atoms with Crippen LogP contribution in [-0.2, 0) is 17.8 Å². The summed E-state index contributed by atoms with van der Waals surface area (Å²) < 4.78 is 5.41. The average molecular weight is 318 g/mol. The van der Waals surface area contributed by atoms with E-state index in [1.54, 1.807) is 17.0 Å². The standard InChI is InChI=1S/C18H20ClNO2/c1-3-22-17-10-6-15(7-11-17)13-20(2)18(21)12-14-4-8-16(19)9-5-14/h4-11H,3,12-13H2,1-2H3. The van der Waals surface area contributed by atoms with Gasteiger partial charge in [-0.15, -0.1) is 0 Å². The minimum Gasteiger partial charge on any atom is -0.494 e. The number of likely N-dealkylation sites (N-methyl/N-ethyl adjacent to an activating group) is 1. The SMILES string of the molecule is CCOc1ccc(CN(C)C(=O)Cc2ccc(Cl)cc2)cc1. The number of hydrogen-bond acceptors (Lipinski definition) is 2. The zero-order chi connectivity index (χ0) is 15.9. The Morgan fingerprint density at radius 3 is 2.23 bits per heavy atom. The molecule has 0 unspecified atom stereocenters. The number of amides is 1. The van der Waals surface area contributed by atoms with E-state index in [-0.39, 0.29) is 5.91 Å². The molecule has 0 N–H and O–H groups in total. The Hall–Kier alpha value is -2.00. The lowest BCUT2D eigenvalue weighted by atomic mass is 10.1. The number of rotatable bonds is 6. The second-order valence-electron chi connectivity index (χ2n) is 5.13. The van der Waals surface area contributed by atoms with Crippen molar-refractivity contribution in [2.45, 2.75) is 19.9 Å². The van der Waals surface area contributed by atoms with Crippen molar-refractivity contribution in [3.63, 3.8) is 0 Å². The van der Waals surface area contributed by atoms with Crippen LogP contribution in [0.25, 0.3) is 0 Å². The zero-order valence-electron chi connectivity index (χ0n) is 12.9. The fourth-order valence-electron chi connectivity index (χ4n) is 2.13. The Kier molecular flexibility index (Phi) is 5.84. The van der Waals surface area contributed by atoms with Gasteiger partial charge in [0.05, 0.1) is 13.0 Å². The molecule has 0 heterocycles. The molecule has 0 aliphatic heterocycles. The van der Waals surface area contributed by atoms with Crippen molar-refractivity contribution in [1.29, 1.82) is 0 Å². The van der Waals surface area contributed by atoms with Crippen molar-refractivity contribution in [2.24, 2.45) is 0 Å². The van der Waals surface area contributed by atoms with E-state index in [1.165, 1.54) is 0 Å². The minimum atomic E-state index is 0.0798. The van der Waals surface area contributed by atoms with Crippen LogP contribution in [-0.4, -0.2) is 24.5 Å². The molecule has 2 aromatic rings. The molecule has 0 aliphatic carbocycles. The van der Waals surface area contributed by atoms with Gasteiger partial charge in [0.2, 0.25) is 5.91 Å². The Morgan fingerprint density at radius 2 is 1.64 bits per heavy atom. The number of nitrogens with zero attached hydrogens (tertiary/aromatic N) is 1. The van der Waals surface area contributed by atoms with Crippen LogP contribution in [0.2, 0.25) is 5.02 Å². The highest BCUT2D eigenvalue weighted by Gasteiger charge is 2.10.